The van der Waals surface area contributed by atoms with Gasteiger partial charge in [0.25, 0.3) is 5.56 Å². The number of nitrogens with two attached hydrogens (primary N) is 1. The monoisotopic (exact) mass is 292 g/mol. The van der Waals surface area contributed by atoms with Crippen molar-refractivity contribution in [2.45, 2.75) is 6.54 Å². The fraction of sp³-hybridized carbons (Fsp3) is 0.154. The SMILES string of the molecule is CNc1cnn(Cc2ccc(C(N)=O)cc2Cl)c(=O)c1. The zero-order chi connectivity index (χ0) is 14.7. The fourth-order valence-corrected chi connectivity index (χ4v) is 1.92. The molecule has 3 N–H and O–H groups in total. The standard InChI is InChI=1S/C13H13ClN4O2/c1-16-10-5-12(19)18(17-6-10)7-9-3-2-8(13(15)20)4-11(9)14/h2-6,16H,7H2,1H3,(H2,15,20). The predicted octanol–water partition coefficient (Wildman–Crippen LogP) is 1.09. The quantitative estimate of drug-likeness (QED) is 0.882. The van der Waals surface area contributed by atoms with E-state index in [2.05, 4.69) is 10.4 Å². The first-order valence-corrected chi connectivity index (χ1v) is 6.22. The molecule has 7 heteroatoms. The van der Waals surface area contributed by atoms with Gasteiger partial charge in [0.05, 0.1) is 18.4 Å². The molecule has 0 aliphatic rings. The van der Waals surface area contributed by atoms with E-state index in [9.17, 15) is 9.59 Å². The molecule has 0 spiro atoms. The second-order valence-corrected chi connectivity index (χ2v) is 4.57. The summed E-state index contributed by atoms with van der Waals surface area (Å²) in [6, 6.07) is 6.14. The molecule has 0 saturated heterocycles. The van der Waals surface area contributed by atoms with Crippen LogP contribution in [0.2, 0.25) is 5.02 Å². The van der Waals surface area contributed by atoms with Crippen LogP contribution in [0.4, 0.5) is 5.69 Å². The molecule has 1 aromatic heterocycles. The normalized spacial score (nSPS) is 10.3. The summed E-state index contributed by atoms with van der Waals surface area (Å²) in [5.41, 5.74) is 6.57. The van der Waals surface area contributed by atoms with Gasteiger partial charge >= 0.3 is 0 Å². The number of aromatic nitrogens is 2. The largest absolute Gasteiger partial charge is 0.387 e. The van der Waals surface area contributed by atoms with Crippen LogP contribution in [0.1, 0.15) is 15.9 Å². The molecular weight excluding hydrogens is 280 g/mol. The number of halogens is 1. The summed E-state index contributed by atoms with van der Waals surface area (Å²) in [5, 5.41) is 7.24. The average Bonchev–Trinajstić information content (AvgIpc) is 2.42. The maximum Gasteiger partial charge on any atom is 0.269 e. The van der Waals surface area contributed by atoms with E-state index >= 15 is 0 Å². The van der Waals surface area contributed by atoms with Gasteiger partial charge in [-0.05, 0) is 17.7 Å². The summed E-state index contributed by atoms with van der Waals surface area (Å²) in [4.78, 5) is 22.9. The van der Waals surface area contributed by atoms with Gasteiger partial charge in [-0.15, -0.1) is 0 Å². The number of carbonyl (C=O) groups is 1. The molecular formula is C13H13ClN4O2. The molecule has 1 heterocycles. The fourth-order valence-electron chi connectivity index (χ4n) is 1.68. The molecule has 20 heavy (non-hydrogen) atoms. The number of benzene rings is 1. The van der Waals surface area contributed by atoms with Crippen LogP contribution in [-0.4, -0.2) is 22.7 Å². The van der Waals surface area contributed by atoms with Crippen LogP contribution in [0.3, 0.4) is 0 Å². The molecule has 0 unspecified atom stereocenters. The third-order valence-electron chi connectivity index (χ3n) is 2.82. The summed E-state index contributed by atoms with van der Waals surface area (Å²) in [6.45, 7) is 0.223. The molecule has 2 rings (SSSR count). The number of anilines is 1. The van der Waals surface area contributed by atoms with Gasteiger partial charge in [-0.1, -0.05) is 17.7 Å². The molecule has 1 aromatic carbocycles. The molecule has 6 nitrogen and oxygen atoms in total. The van der Waals surface area contributed by atoms with Gasteiger partial charge in [0, 0.05) is 23.7 Å². The Morgan fingerprint density at radius 3 is 2.75 bits per heavy atom. The lowest BCUT2D eigenvalue weighted by molar-refractivity contribution is 0.100. The number of carbonyl (C=O) groups excluding carboxylic acids is 1. The highest BCUT2D eigenvalue weighted by Crippen LogP contribution is 2.18. The van der Waals surface area contributed by atoms with E-state index < -0.39 is 5.91 Å². The van der Waals surface area contributed by atoms with E-state index in [1.54, 1.807) is 25.4 Å². The molecule has 104 valence electrons. The van der Waals surface area contributed by atoms with Gasteiger partial charge in [-0.25, -0.2) is 4.68 Å². The lowest BCUT2D eigenvalue weighted by atomic mass is 10.1. The molecule has 0 aliphatic carbocycles. The van der Waals surface area contributed by atoms with E-state index in [1.165, 1.54) is 16.8 Å². The van der Waals surface area contributed by atoms with Crippen molar-refractivity contribution in [3.05, 3.63) is 57.0 Å². The Labute approximate surface area is 120 Å². The third-order valence-corrected chi connectivity index (χ3v) is 3.17. The van der Waals surface area contributed by atoms with E-state index in [0.717, 1.165) is 0 Å². The van der Waals surface area contributed by atoms with Gasteiger partial charge in [0.2, 0.25) is 5.91 Å². The van der Waals surface area contributed by atoms with Crippen molar-refractivity contribution >= 4 is 23.2 Å². The number of hydrogen-bond acceptors (Lipinski definition) is 4. The lowest BCUT2D eigenvalue weighted by Crippen LogP contribution is -2.23. The topological polar surface area (TPSA) is 90.0 Å². The summed E-state index contributed by atoms with van der Waals surface area (Å²) in [5.74, 6) is -0.549. The maximum absolute atomic E-state index is 11.8. The summed E-state index contributed by atoms with van der Waals surface area (Å²) >= 11 is 6.07. The molecule has 1 amide bonds. The Morgan fingerprint density at radius 1 is 1.45 bits per heavy atom. The van der Waals surface area contributed by atoms with Gasteiger partial charge in [-0.3, -0.25) is 9.59 Å². The van der Waals surface area contributed by atoms with E-state index in [4.69, 9.17) is 17.3 Å². The van der Waals surface area contributed by atoms with E-state index in [1.807, 2.05) is 0 Å². The summed E-state index contributed by atoms with van der Waals surface area (Å²) in [6.07, 6.45) is 1.55. The Balaban J connectivity index is 2.31. The van der Waals surface area contributed by atoms with Crippen molar-refractivity contribution in [2.24, 2.45) is 5.73 Å². The highest BCUT2D eigenvalue weighted by molar-refractivity contribution is 6.31. The highest BCUT2D eigenvalue weighted by atomic mass is 35.5. The van der Waals surface area contributed by atoms with Gasteiger partial charge in [0.15, 0.2) is 0 Å². The van der Waals surface area contributed by atoms with Gasteiger partial charge < -0.3 is 11.1 Å². The van der Waals surface area contributed by atoms with Crippen LogP contribution in [0, 0.1) is 0 Å². The van der Waals surface area contributed by atoms with Crippen LogP contribution in [-0.2, 0) is 6.54 Å². The Morgan fingerprint density at radius 2 is 2.20 bits per heavy atom. The van der Waals surface area contributed by atoms with Crippen LogP contribution in [0.5, 0.6) is 0 Å². The van der Waals surface area contributed by atoms with Crippen LogP contribution in [0.15, 0.2) is 35.3 Å². The van der Waals surface area contributed by atoms with Gasteiger partial charge in [0.1, 0.15) is 0 Å². The minimum Gasteiger partial charge on any atom is -0.387 e. The minimum absolute atomic E-state index is 0.223. The first kappa shape index (κ1) is 14.1. The number of amides is 1. The molecule has 0 radical (unpaired) electrons. The molecule has 2 aromatic rings. The molecule has 0 bridgehead atoms. The van der Waals surface area contributed by atoms with Crippen molar-refractivity contribution in [2.75, 3.05) is 12.4 Å². The Bertz CT molecular complexity index is 712. The number of rotatable bonds is 4. The van der Waals surface area contributed by atoms with Crippen molar-refractivity contribution in [1.29, 1.82) is 0 Å². The molecule has 0 atom stereocenters. The number of nitrogens with one attached hydrogen (secondary N) is 1. The minimum atomic E-state index is -0.549. The molecule has 0 saturated carbocycles. The van der Waals surface area contributed by atoms with Crippen LogP contribution < -0.4 is 16.6 Å². The van der Waals surface area contributed by atoms with E-state index in [0.29, 0.717) is 21.8 Å². The van der Waals surface area contributed by atoms with Crippen LogP contribution >= 0.6 is 11.6 Å². The zero-order valence-corrected chi connectivity index (χ0v) is 11.5. The van der Waals surface area contributed by atoms with E-state index in [-0.39, 0.29) is 12.1 Å². The zero-order valence-electron chi connectivity index (χ0n) is 10.8. The summed E-state index contributed by atoms with van der Waals surface area (Å²) < 4.78 is 1.28. The first-order valence-electron chi connectivity index (χ1n) is 5.84. The third kappa shape index (κ3) is 2.97. The molecule has 0 fully saturated rings. The second kappa shape index (κ2) is 5.75. The van der Waals surface area contributed by atoms with Gasteiger partial charge in [-0.2, -0.15) is 5.10 Å². The average molecular weight is 293 g/mol. The maximum atomic E-state index is 11.8. The smallest absolute Gasteiger partial charge is 0.269 e. The van der Waals surface area contributed by atoms with Crippen molar-refractivity contribution < 1.29 is 4.79 Å². The van der Waals surface area contributed by atoms with Crippen LogP contribution in [0.25, 0.3) is 0 Å². The number of nitrogens with zero attached hydrogens (tertiary/aromatic N) is 2. The van der Waals surface area contributed by atoms with Crippen molar-refractivity contribution in [3.8, 4) is 0 Å². The second-order valence-electron chi connectivity index (χ2n) is 4.16. The molecule has 0 aliphatic heterocycles. The lowest BCUT2D eigenvalue weighted by Gasteiger charge is -2.08. The highest BCUT2D eigenvalue weighted by Gasteiger charge is 2.08. The Kier molecular flexibility index (Phi) is 4.05. The van der Waals surface area contributed by atoms with Crippen molar-refractivity contribution in [3.63, 3.8) is 0 Å². The number of hydrogen-bond donors (Lipinski definition) is 2. The number of primary amides is 1. The first-order chi connectivity index (χ1) is 9.51. The van der Waals surface area contributed by atoms with Crippen molar-refractivity contribution in [1.82, 2.24) is 9.78 Å². The summed E-state index contributed by atoms with van der Waals surface area (Å²) in [7, 11) is 1.71. The predicted molar refractivity (Wildman–Crippen MR) is 77.1 cm³/mol. The Hall–Kier alpha value is -2.34.